The van der Waals surface area contributed by atoms with Gasteiger partial charge < -0.3 is 9.47 Å². The van der Waals surface area contributed by atoms with Gasteiger partial charge in [0, 0.05) is 6.08 Å². The van der Waals surface area contributed by atoms with Crippen LogP contribution in [0.25, 0.3) is 0 Å². The van der Waals surface area contributed by atoms with Crippen LogP contribution in [-0.4, -0.2) is 12.8 Å². The maximum Gasteiger partial charge on any atom is 0.333 e. The molecule has 3 heteroatoms. The van der Waals surface area contributed by atoms with Crippen LogP contribution in [0.4, 0.5) is 0 Å². The second kappa shape index (κ2) is 4.90. The summed E-state index contributed by atoms with van der Waals surface area (Å²) in [5, 5.41) is 0. The van der Waals surface area contributed by atoms with E-state index in [1.54, 1.807) is 0 Å². The first-order valence-corrected chi connectivity index (χ1v) is 2.33. The summed E-state index contributed by atoms with van der Waals surface area (Å²) in [5.74, 6) is -0.503. The van der Waals surface area contributed by atoms with E-state index < -0.39 is 5.97 Å². The van der Waals surface area contributed by atoms with E-state index in [-0.39, 0.29) is 6.79 Å². The number of ether oxygens (including phenoxy) is 2. The minimum absolute atomic E-state index is 0.103. The van der Waals surface area contributed by atoms with Gasteiger partial charge >= 0.3 is 5.97 Å². The third-order valence-corrected chi connectivity index (χ3v) is 0.554. The first kappa shape index (κ1) is 7.75. The van der Waals surface area contributed by atoms with E-state index in [4.69, 9.17) is 0 Å². The third kappa shape index (κ3) is 4.61. The molecule has 0 aliphatic heterocycles. The molecule has 3 nitrogen and oxygen atoms in total. The Balaban J connectivity index is 3.16. The van der Waals surface area contributed by atoms with Crippen LogP contribution in [0.1, 0.15) is 0 Å². The van der Waals surface area contributed by atoms with Crippen molar-refractivity contribution in [2.45, 2.75) is 0 Å². The lowest BCUT2D eigenvalue weighted by atomic mass is 10.7. The van der Waals surface area contributed by atoms with Crippen molar-refractivity contribution in [3.05, 3.63) is 25.5 Å². The zero-order valence-electron chi connectivity index (χ0n) is 5.00. The van der Waals surface area contributed by atoms with Crippen LogP contribution < -0.4 is 0 Å². The van der Waals surface area contributed by atoms with Crippen LogP contribution in [-0.2, 0) is 14.3 Å². The highest BCUT2D eigenvalue weighted by Gasteiger charge is 1.90. The number of rotatable bonds is 4. The summed E-state index contributed by atoms with van der Waals surface area (Å²) in [6, 6.07) is 0. The quantitative estimate of drug-likeness (QED) is 0.185. The van der Waals surface area contributed by atoms with Crippen LogP contribution in [0, 0.1) is 0 Å². The number of hydrogen-bond donors (Lipinski definition) is 0. The minimum Gasteiger partial charge on any atom is -0.466 e. The molecule has 0 aliphatic rings. The molecule has 0 heterocycles. The zero-order chi connectivity index (χ0) is 7.11. The fourth-order valence-corrected chi connectivity index (χ4v) is 0.199. The van der Waals surface area contributed by atoms with Gasteiger partial charge in [-0.2, -0.15) is 0 Å². The lowest BCUT2D eigenvalue weighted by molar-refractivity contribution is -0.146. The van der Waals surface area contributed by atoms with Crippen LogP contribution >= 0.6 is 0 Å². The average Bonchev–Trinajstić information content (AvgIpc) is 1.89. The molecular formula is C6H8O3. The van der Waals surface area contributed by atoms with Crippen molar-refractivity contribution in [1.82, 2.24) is 0 Å². The molecule has 0 aromatic carbocycles. The van der Waals surface area contributed by atoms with E-state index in [1.807, 2.05) is 0 Å². The van der Waals surface area contributed by atoms with Crippen molar-refractivity contribution in [2.75, 3.05) is 6.79 Å². The molecule has 0 aromatic heterocycles. The molecule has 0 bridgehead atoms. The Morgan fingerprint density at radius 2 is 2.22 bits per heavy atom. The maximum absolute atomic E-state index is 10.2. The highest BCUT2D eigenvalue weighted by molar-refractivity contribution is 5.81. The molecule has 50 valence electrons. The van der Waals surface area contributed by atoms with Gasteiger partial charge in [-0.25, -0.2) is 4.79 Å². The number of hydrogen-bond acceptors (Lipinski definition) is 3. The minimum atomic E-state index is -0.503. The van der Waals surface area contributed by atoms with Crippen LogP contribution in [0.2, 0.25) is 0 Å². The Hall–Kier alpha value is -1.25. The monoisotopic (exact) mass is 128 g/mol. The van der Waals surface area contributed by atoms with Crippen molar-refractivity contribution in [1.29, 1.82) is 0 Å². The van der Waals surface area contributed by atoms with Gasteiger partial charge in [-0.15, -0.1) is 0 Å². The molecule has 0 aromatic rings. The van der Waals surface area contributed by atoms with Gasteiger partial charge in [0.15, 0.2) is 0 Å². The van der Waals surface area contributed by atoms with Crippen molar-refractivity contribution in [2.24, 2.45) is 0 Å². The lowest BCUT2D eigenvalue weighted by Gasteiger charge is -1.98. The van der Waals surface area contributed by atoms with Gasteiger partial charge in [0.1, 0.15) is 0 Å². The van der Waals surface area contributed by atoms with Gasteiger partial charge in [0.05, 0.1) is 6.26 Å². The third-order valence-electron chi connectivity index (χ3n) is 0.554. The number of esters is 1. The molecule has 0 fully saturated rings. The van der Waals surface area contributed by atoms with Crippen molar-refractivity contribution in [3.8, 4) is 0 Å². The van der Waals surface area contributed by atoms with Crippen molar-refractivity contribution < 1.29 is 14.3 Å². The van der Waals surface area contributed by atoms with Crippen molar-refractivity contribution in [3.63, 3.8) is 0 Å². The molecule has 0 saturated heterocycles. The Labute approximate surface area is 53.6 Å². The smallest absolute Gasteiger partial charge is 0.333 e. The molecule has 0 N–H and O–H groups in total. The van der Waals surface area contributed by atoms with E-state index in [0.717, 1.165) is 6.08 Å². The molecule has 0 rings (SSSR count). The Kier molecular flexibility index (Phi) is 4.22. The summed E-state index contributed by atoms with van der Waals surface area (Å²) in [4.78, 5) is 10.2. The fourth-order valence-electron chi connectivity index (χ4n) is 0.199. The molecule has 0 radical (unpaired) electrons. The fraction of sp³-hybridized carbons (Fsp3) is 0.167. The summed E-state index contributed by atoms with van der Waals surface area (Å²) in [7, 11) is 0. The van der Waals surface area contributed by atoms with E-state index in [0.29, 0.717) is 0 Å². The van der Waals surface area contributed by atoms with E-state index >= 15 is 0 Å². The molecule has 0 atom stereocenters. The molecule has 0 aliphatic carbocycles. The summed E-state index contributed by atoms with van der Waals surface area (Å²) in [6.45, 7) is 6.32. The Morgan fingerprint density at radius 1 is 1.56 bits per heavy atom. The Morgan fingerprint density at radius 3 is 2.67 bits per heavy atom. The standard InChI is InChI=1S/C6H8O3/c1-3-6(7)9-5-8-4-2/h3-4H,1-2,5H2. The van der Waals surface area contributed by atoms with Crippen LogP contribution in [0.3, 0.4) is 0 Å². The zero-order valence-corrected chi connectivity index (χ0v) is 5.00. The largest absolute Gasteiger partial charge is 0.466 e. The van der Waals surface area contributed by atoms with E-state index in [2.05, 4.69) is 22.6 Å². The van der Waals surface area contributed by atoms with Gasteiger partial charge in [-0.3, -0.25) is 0 Å². The van der Waals surface area contributed by atoms with Crippen molar-refractivity contribution >= 4 is 5.97 Å². The summed E-state index contributed by atoms with van der Waals surface area (Å²) < 4.78 is 8.86. The second-order valence-electron chi connectivity index (χ2n) is 1.12. The van der Waals surface area contributed by atoms with Crippen LogP contribution in [0.15, 0.2) is 25.5 Å². The van der Waals surface area contributed by atoms with Gasteiger partial charge in [-0.05, 0) is 0 Å². The summed E-state index contributed by atoms with van der Waals surface area (Å²) in [5.41, 5.74) is 0. The lowest BCUT2D eigenvalue weighted by Crippen LogP contribution is -2.01. The molecule has 0 saturated carbocycles. The highest BCUT2D eigenvalue weighted by atomic mass is 16.7. The van der Waals surface area contributed by atoms with Gasteiger partial charge in [0.25, 0.3) is 0 Å². The summed E-state index contributed by atoms with van der Waals surface area (Å²) >= 11 is 0. The van der Waals surface area contributed by atoms with Gasteiger partial charge in [0.2, 0.25) is 6.79 Å². The van der Waals surface area contributed by atoms with E-state index in [1.165, 1.54) is 6.26 Å². The van der Waals surface area contributed by atoms with Gasteiger partial charge in [-0.1, -0.05) is 13.2 Å². The number of carbonyl (C=O) groups is 1. The van der Waals surface area contributed by atoms with Crippen LogP contribution in [0.5, 0.6) is 0 Å². The first-order valence-electron chi connectivity index (χ1n) is 2.33. The Bertz CT molecular complexity index is 117. The molecule has 9 heavy (non-hydrogen) atoms. The summed E-state index contributed by atoms with van der Waals surface area (Å²) in [6.07, 6.45) is 2.25. The number of carbonyl (C=O) groups excluding carboxylic acids is 1. The maximum atomic E-state index is 10.2. The SMILES string of the molecule is C=COCOC(=O)C=C. The topological polar surface area (TPSA) is 35.5 Å². The molecular weight excluding hydrogens is 120 g/mol. The highest BCUT2D eigenvalue weighted by Crippen LogP contribution is 1.80. The predicted molar refractivity (Wildman–Crippen MR) is 32.4 cm³/mol. The normalized spacial score (nSPS) is 7.56. The van der Waals surface area contributed by atoms with E-state index in [9.17, 15) is 4.79 Å². The average molecular weight is 128 g/mol. The second-order valence-corrected chi connectivity index (χ2v) is 1.12. The predicted octanol–water partition coefficient (Wildman–Crippen LogP) is 0.833. The first-order chi connectivity index (χ1) is 4.31. The molecule has 0 amide bonds. The molecule has 0 unspecified atom stereocenters. The molecule has 0 spiro atoms.